The Hall–Kier alpha value is -1.59. The minimum atomic E-state index is -0.754. The highest BCUT2D eigenvalue weighted by atomic mass is 16.7. The average Bonchev–Trinajstić information content (AvgIpc) is 2.82. The highest BCUT2D eigenvalue weighted by molar-refractivity contribution is 5.90. The molecule has 0 aromatic rings. The maximum atomic E-state index is 13.6. The predicted molar refractivity (Wildman–Crippen MR) is 107 cm³/mol. The molecule has 0 N–H and O–H groups in total. The van der Waals surface area contributed by atoms with E-state index in [1.54, 1.807) is 0 Å². The molecule has 3 rings (SSSR count). The third-order valence-corrected chi connectivity index (χ3v) is 8.56. The van der Waals surface area contributed by atoms with Crippen molar-refractivity contribution >= 4 is 17.9 Å². The number of hydrogen-bond donors (Lipinski definition) is 0. The average molecular weight is 409 g/mol. The van der Waals surface area contributed by atoms with Crippen LogP contribution < -0.4 is 0 Å². The number of carbonyl (C=O) groups is 3. The summed E-state index contributed by atoms with van der Waals surface area (Å²) in [5, 5.41) is 0. The molecule has 29 heavy (non-hydrogen) atoms. The van der Waals surface area contributed by atoms with Gasteiger partial charge in [0.25, 0.3) is 0 Å². The monoisotopic (exact) mass is 408 g/mol. The molecule has 164 valence electrons. The van der Waals surface area contributed by atoms with Gasteiger partial charge in [-0.25, -0.2) is 4.79 Å². The van der Waals surface area contributed by atoms with Gasteiger partial charge in [0, 0.05) is 6.42 Å². The van der Waals surface area contributed by atoms with Crippen LogP contribution in [0, 0.1) is 34.0 Å². The van der Waals surface area contributed by atoms with Gasteiger partial charge in [-0.05, 0) is 61.2 Å². The fourth-order valence-electron chi connectivity index (χ4n) is 7.22. The van der Waals surface area contributed by atoms with E-state index in [-0.39, 0.29) is 41.5 Å². The molecule has 0 amide bonds. The van der Waals surface area contributed by atoms with Gasteiger partial charge in [-0.1, -0.05) is 27.2 Å². The number of ether oxygens (including phenoxy) is 3. The zero-order valence-electron chi connectivity index (χ0n) is 18.5. The predicted octanol–water partition coefficient (Wildman–Crippen LogP) is 4.54. The Morgan fingerprint density at radius 3 is 2.34 bits per heavy atom. The summed E-state index contributed by atoms with van der Waals surface area (Å²) in [6.07, 6.45) is 5.88. The second-order valence-corrected chi connectivity index (χ2v) is 10.3. The summed E-state index contributed by atoms with van der Waals surface area (Å²) < 4.78 is 15.1. The van der Waals surface area contributed by atoms with Gasteiger partial charge in [-0.3, -0.25) is 9.59 Å². The SMILES string of the molecule is COC(=O)OCC12CCC3C(C)(C)CCCC3(C)C1CCC(C(=O)OC)CC2=O. The van der Waals surface area contributed by atoms with E-state index in [2.05, 4.69) is 25.5 Å². The van der Waals surface area contributed by atoms with Crippen molar-refractivity contribution in [2.75, 3.05) is 20.8 Å². The maximum absolute atomic E-state index is 13.6. The molecule has 6 heteroatoms. The molecule has 0 radical (unpaired) electrons. The van der Waals surface area contributed by atoms with Crippen LogP contribution in [0.2, 0.25) is 0 Å². The first-order valence-electron chi connectivity index (χ1n) is 10.9. The van der Waals surface area contributed by atoms with E-state index in [4.69, 9.17) is 9.47 Å². The van der Waals surface area contributed by atoms with Crippen LogP contribution in [0.3, 0.4) is 0 Å². The van der Waals surface area contributed by atoms with E-state index in [9.17, 15) is 14.4 Å². The van der Waals surface area contributed by atoms with Crippen molar-refractivity contribution in [3.63, 3.8) is 0 Å². The molecule has 0 aromatic carbocycles. The van der Waals surface area contributed by atoms with E-state index in [1.807, 2.05) is 0 Å². The molecule has 0 spiro atoms. The van der Waals surface area contributed by atoms with Gasteiger partial charge in [0.2, 0.25) is 0 Å². The van der Waals surface area contributed by atoms with Crippen molar-refractivity contribution in [1.29, 1.82) is 0 Å². The molecule has 3 aliphatic carbocycles. The molecule has 3 fully saturated rings. The van der Waals surface area contributed by atoms with Gasteiger partial charge >= 0.3 is 12.1 Å². The Balaban J connectivity index is 2.01. The molecular weight excluding hydrogens is 372 g/mol. The molecule has 0 saturated heterocycles. The van der Waals surface area contributed by atoms with Crippen LogP contribution in [0.15, 0.2) is 0 Å². The van der Waals surface area contributed by atoms with Gasteiger partial charge in [-0.2, -0.15) is 0 Å². The van der Waals surface area contributed by atoms with Crippen LogP contribution in [0.25, 0.3) is 0 Å². The number of methoxy groups -OCH3 is 2. The third kappa shape index (κ3) is 3.68. The molecule has 5 unspecified atom stereocenters. The van der Waals surface area contributed by atoms with Crippen LogP contribution in [0.5, 0.6) is 0 Å². The first-order chi connectivity index (χ1) is 13.6. The normalized spacial score (nSPS) is 38.8. The Morgan fingerprint density at radius 1 is 0.966 bits per heavy atom. The van der Waals surface area contributed by atoms with Crippen molar-refractivity contribution in [1.82, 2.24) is 0 Å². The highest BCUT2D eigenvalue weighted by Crippen LogP contribution is 2.66. The lowest BCUT2D eigenvalue weighted by Gasteiger charge is -2.62. The van der Waals surface area contributed by atoms with E-state index in [1.165, 1.54) is 20.6 Å². The fraction of sp³-hybridized carbons (Fsp3) is 0.870. The maximum Gasteiger partial charge on any atom is 0.508 e. The van der Waals surface area contributed by atoms with E-state index in [0.29, 0.717) is 18.8 Å². The van der Waals surface area contributed by atoms with Gasteiger partial charge in [-0.15, -0.1) is 0 Å². The number of hydrogen-bond acceptors (Lipinski definition) is 6. The lowest BCUT2D eigenvalue weighted by Crippen LogP contribution is -2.59. The summed E-state index contributed by atoms with van der Waals surface area (Å²) in [5.74, 6) is -0.0802. The smallest absolute Gasteiger partial charge is 0.469 e. The first-order valence-corrected chi connectivity index (χ1v) is 10.9. The first kappa shape index (κ1) is 22.1. The largest absolute Gasteiger partial charge is 0.508 e. The van der Waals surface area contributed by atoms with E-state index < -0.39 is 17.5 Å². The number of esters is 1. The van der Waals surface area contributed by atoms with Crippen molar-refractivity contribution in [2.24, 2.45) is 34.0 Å². The van der Waals surface area contributed by atoms with Gasteiger partial charge in [0.15, 0.2) is 0 Å². The summed E-state index contributed by atoms with van der Waals surface area (Å²) in [6, 6.07) is 0. The summed E-state index contributed by atoms with van der Waals surface area (Å²) in [7, 11) is 2.66. The fourth-order valence-corrected chi connectivity index (χ4v) is 7.22. The topological polar surface area (TPSA) is 78.9 Å². The zero-order valence-corrected chi connectivity index (χ0v) is 18.5. The van der Waals surface area contributed by atoms with Crippen LogP contribution in [0.1, 0.15) is 72.1 Å². The number of ketones is 1. The van der Waals surface area contributed by atoms with Gasteiger partial charge in [0.1, 0.15) is 12.4 Å². The molecule has 6 nitrogen and oxygen atoms in total. The number of fused-ring (bicyclic) bond motifs is 3. The minimum Gasteiger partial charge on any atom is -0.469 e. The van der Waals surface area contributed by atoms with Crippen LogP contribution >= 0.6 is 0 Å². The van der Waals surface area contributed by atoms with Crippen molar-refractivity contribution in [3.8, 4) is 0 Å². The molecule has 5 atom stereocenters. The summed E-state index contributed by atoms with van der Waals surface area (Å²) in [4.78, 5) is 37.7. The molecule has 0 aromatic heterocycles. The van der Waals surface area contributed by atoms with Gasteiger partial charge < -0.3 is 14.2 Å². The number of carbonyl (C=O) groups excluding carboxylic acids is 3. The second-order valence-electron chi connectivity index (χ2n) is 10.3. The summed E-state index contributed by atoms with van der Waals surface area (Å²) in [5.41, 5.74) is -0.532. The zero-order chi connectivity index (χ0) is 21.4. The van der Waals surface area contributed by atoms with Crippen molar-refractivity contribution in [2.45, 2.75) is 72.1 Å². The van der Waals surface area contributed by atoms with Crippen LogP contribution in [0.4, 0.5) is 4.79 Å². The minimum absolute atomic E-state index is 0.0137. The third-order valence-electron chi connectivity index (χ3n) is 8.56. The molecule has 0 aliphatic heterocycles. The molecule has 3 saturated carbocycles. The van der Waals surface area contributed by atoms with E-state index in [0.717, 1.165) is 25.7 Å². The standard InChI is InChI=1S/C23H36O6/c1-21(2)10-6-11-22(3)16(21)9-12-23(14-29-20(26)28-5)17(22)8-7-15(13-18(23)24)19(25)27-4/h15-17H,6-14H2,1-5H3. The van der Waals surface area contributed by atoms with Crippen molar-refractivity contribution in [3.05, 3.63) is 0 Å². The van der Waals surface area contributed by atoms with E-state index >= 15 is 0 Å². The highest BCUT2D eigenvalue weighted by Gasteiger charge is 2.63. The Bertz CT molecular complexity index is 670. The molecule has 0 heterocycles. The summed E-state index contributed by atoms with van der Waals surface area (Å²) in [6.45, 7) is 7.08. The molecular formula is C23H36O6. The molecule has 3 aliphatic rings. The second kappa shape index (κ2) is 7.92. The molecule has 0 bridgehead atoms. The van der Waals surface area contributed by atoms with Crippen LogP contribution in [-0.4, -0.2) is 38.7 Å². The number of rotatable bonds is 3. The Morgan fingerprint density at radius 2 is 1.69 bits per heavy atom. The quantitative estimate of drug-likeness (QED) is 0.638. The lowest BCUT2D eigenvalue weighted by atomic mass is 9.42. The van der Waals surface area contributed by atoms with Crippen LogP contribution in [-0.2, 0) is 23.8 Å². The Labute approximate surface area is 174 Å². The summed E-state index contributed by atoms with van der Waals surface area (Å²) >= 11 is 0. The number of Topliss-reactive ketones (excluding diaryl/α,β-unsaturated/α-hetero) is 1. The Kier molecular flexibility index (Phi) is 6.03. The van der Waals surface area contributed by atoms with Gasteiger partial charge in [0.05, 0.1) is 25.6 Å². The van der Waals surface area contributed by atoms with Crippen molar-refractivity contribution < 1.29 is 28.6 Å². The lowest BCUT2D eigenvalue weighted by molar-refractivity contribution is -0.168.